The monoisotopic (exact) mass is 293 g/mol. The summed E-state index contributed by atoms with van der Waals surface area (Å²) in [5.41, 5.74) is 2.21. The van der Waals surface area contributed by atoms with E-state index in [4.69, 9.17) is 0 Å². The first-order chi connectivity index (χ1) is 9.67. The van der Waals surface area contributed by atoms with E-state index in [0.29, 0.717) is 12.6 Å². The molecular formula is C17H27NOS. The van der Waals surface area contributed by atoms with E-state index >= 15 is 0 Å². The molecule has 20 heavy (non-hydrogen) atoms. The van der Waals surface area contributed by atoms with Crippen LogP contribution in [0.2, 0.25) is 0 Å². The maximum atomic E-state index is 10.6. The van der Waals surface area contributed by atoms with Gasteiger partial charge in [0.1, 0.15) is 0 Å². The number of nitrogens with one attached hydrogen (secondary N) is 1. The van der Waals surface area contributed by atoms with Gasteiger partial charge in [-0.2, -0.15) is 11.8 Å². The predicted octanol–water partition coefficient (Wildman–Crippen LogP) is 3.55. The van der Waals surface area contributed by atoms with E-state index in [1.165, 1.54) is 11.1 Å². The van der Waals surface area contributed by atoms with Crippen molar-refractivity contribution in [3.05, 3.63) is 35.4 Å². The number of hydrogen-bond acceptors (Lipinski definition) is 3. The van der Waals surface area contributed by atoms with Crippen molar-refractivity contribution in [3.63, 3.8) is 0 Å². The van der Waals surface area contributed by atoms with Gasteiger partial charge in [-0.05, 0) is 48.3 Å². The molecule has 2 rings (SSSR count). The smallest absolute Gasteiger partial charge is 0.0787 e. The number of aliphatic hydroxyl groups is 1. The molecule has 0 amide bonds. The van der Waals surface area contributed by atoms with Crippen LogP contribution < -0.4 is 5.32 Å². The summed E-state index contributed by atoms with van der Waals surface area (Å²) in [7, 11) is 0. The van der Waals surface area contributed by atoms with Crippen LogP contribution in [-0.4, -0.2) is 28.8 Å². The van der Waals surface area contributed by atoms with Gasteiger partial charge < -0.3 is 10.4 Å². The van der Waals surface area contributed by atoms with Crippen LogP contribution >= 0.6 is 11.8 Å². The molecule has 1 aromatic carbocycles. The van der Waals surface area contributed by atoms with Crippen LogP contribution in [0.3, 0.4) is 0 Å². The molecule has 3 heteroatoms. The van der Waals surface area contributed by atoms with Crippen molar-refractivity contribution >= 4 is 11.8 Å². The Bertz CT molecular complexity index is 398. The van der Waals surface area contributed by atoms with Crippen molar-refractivity contribution in [2.45, 2.75) is 51.2 Å². The third-order valence-corrected chi connectivity index (χ3v) is 5.29. The first-order valence-electron chi connectivity index (χ1n) is 7.79. The van der Waals surface area contributed by atoms with Gasteiger partial charge in [0, 0.05) is 12.6 Å². The summed E-state index contributed by atoms with van der Waals surface area (Å²) in [6.45, 7) is 5.09. The Labute approximate surface area is 127 Å². The molecule has 112 valence electrons. The molecule has 1 fully saturated rings. The number of hydrogen-bond donors (Lipinski definition) is 2. The fraction of sp³-hybridized carbons (Fsp3) is 0.647. The third kappa shape index (κ3) is 4.24. The normalized spacial score (nSPS) is 19.8. The van der Waals surface area contributed by atoms with E-state index in [1.54, 1.807) is 0 Å². The van der Waals surface area contributed by atoms with Gasteiger partial charge >= 0.3 is 0 Å². The molecule has 0 spiro atoms. The Morgan fingerprint density at radius 3 is 2.40 bits per heavy atom. The maximum Gasteiger partial charge on any atom is 0.0787 e. The van der Waals surface area contributed by atoms with Gasteiger partial charge in [0.25, 0.3) is 0 Å². The molecule has 1 heterocycles. The average Bonchev–Trinajstić information content (AvgIpc) is 2.49. The van der Waals surface area contributed by atoms with Crippen molar-refractivity contribution in [2.24, 2.45) is 0 Å². The van der Waals surface area contributed by atoms with E-state index in [0.717, 1.165) is 37.2 Å². The van der Waals surface area contributed by atoms with Crippen molar-refractivity contribution in [2.75, 3.05) is 18.1 Å². The van der Waals surface area contributed by atoms with Gasteiger partial charge in [-0.3, -0.25) is 0 Å². The Hall–Kier alpha value is -0.510. The molecule has 0 aromatic heterocycles. The van der Waals surface area contributed by atoms with Crippen LogP contribution in [0.15, 0.2) is 24.3 Å². The minimum Gasteiger partial charge on any atom is -0.389 e. The number of benzene rings is 1. The second-order valence-corrected chi connectivity index (χ2v) is 7.00. The summed E-state index contributed by atoms with van der Waals surface area (Å²) in [6.07, 6.45) is 3.96. The number of rotatable bonds is 6. The SMILES string of the molecule is CCc1ccc(C(CC)NCC2(O)CCSCC2)cc1. The molecule has 0 saturated carbocycles. The summed E-state index contributed by atoms with van der Waals surface area (Å²) in [5, 5.41) is 14.1. The first-order valence-corrected chi connectivity index (χ1v) is 8.94. The van der Waals surface area contributed by atoms with Gasteiger partial charge in [0.15, 0.2) is 0 Å². The lowest BCUT2D eigenvalue weighted by atomic mass is 9.95. The molecule has 0 bridgehead atoms. The largest absolute Gasteiger partial charge is 0.389 e. The molecule has 0 radical (unpaired) electrons. The van der Waals surface area contributed by atoms with Crippen molar-refractivity contribution in [3.8, 4) is 0 Å². The van der Waals surface area contributed by atoms with E-state index < -0.39 is 5.60 Å². The highest BCUT2D eigenvalue weighted by atomic mass is 32.2. The van der Waals surface area contributed by atoms with Crippen LogP contribution in [0.5, 0.6) is 0 Å². The van der Waals surface area contributed by atoms with Crippen molar-refractivity contribution < 1.29 is 5.11 Å². The number of thioether (sulfide) groups is 1. The second kappa shape index (κ2) is 7.48. The van der Waals surface area contributed by atoms with Gasteiger partial charge in [-0.1, -0.05) is 38.1 Å². The molecule has 1 atom stereocenters. The van der Waals surface area contributed by atoms with Crippen molar-refractivity contribution in [1.82, 2.24) is 5.32 Å². The fourth-order valence-electron chi connectivity index (χ4n) is 2.72. The first kappa shape index (κ1) is 15.9. The van der Waals surface area contributed by atoms with E-state index in [-0.39, 0.29) is 0 Å². The topological polar surface area (TPSA) is 32.3 Å². The molecule has 1 saturated heterocycles. The van der Waals surface area contributed by atoms with Crippen LogP contribution in [0.4, 0.5) is 0 Å². The molecule has 0 aliphatic carbocycles. The molecule has 1 aliphatic heterocycles. The molecule has 1 aromatic rings. The summed E-state index contributed by atoms with van der Waals surface area (Å²) in [6, 6.07) is 9.22. The number of aryl methyl sites for hydroxylation is 1. The van der Waals surface area contributed by atoms with E-state index in [1.807, 2.05) is 11.8 Å². The standard InChI is InChI=1S/C17H27NOS/c1-3-14-5-7-15(8-6-14)16(4-2)18-13-17(19)9-11-20-12-10-17/h5-8,16,18-19H,3-4,9-13H2,1-2H3. The van der Waals surface area contributed by atoms with Crippen LogP contribution in [0.25, 0.3) is 0 Å². The highest BCUT2D eigenvalue weighted by Gasteiger charge is 2.29. The lowest BCUT2D eigenvalue weighted by Crippen LogP contribution is -2.44. The zero-order valence-corrected chi connectivity index (χ0v) is 13.5. The lowest BCUT2D eigenvalue weighted by Gasteiger charge is -2.33. The minimum absolute atomic E-state index is 0.347. The molecule has 2 nitrogen and oxygen atoms in total. The molecule has 1 aliphatic rings. The van der Waals surface area contributed by atoms with Crippen LogP contribution in [-0.2, 0) is 6.42 Å². The Kier molecular flexibility index (Phi) is 5.94. The lowest BCUT2D eigenvalue weighted by molar-refractivity contribution is 0.0294. The Balaban J connectivity index is 1.94. The van der Waals surface area contributed by atoms with Gasteiger partial charge in [-0.25, -0.2) is 0 Å². The minimum atomic E-state index is -0.498. The van der Waals surface area contributed by atoms with Crippen molar-refractivity contribution in [1.29, 1.82) is 0 Å². The zero-order chi connectivity index (χ0) is 14.4. The van der Waals surface area contributed by atoms with Gasteiger partial charge in [-0.15, -0.1) is 0 Å². The van der Waals surface area contributed by atoms with Gasteiger partial charge in [0.05, 0.1) is 5.60 Å². The molecule has 1 unspecified atom stereocenters. The predicted molar refractivity (Wildman–Crippen MR) is 88.4 cm³/mol. The van der Waals surface area contributed by atoms with E-state index in [2.05, 4.69) is 43.4 Å². The fourth-order valence-corrected chi connectivity index (χ4v) is 3.98. The average molecular weight is 293 g/mol. The van der Waals surface area contributed by atoms with Gasteiger partial charge in [0.2, 0.25) is 0 Å². The molecule has 2 N–H and O–H groups in total. The van der Waals surface area contributed by atoms with Crippen LogP contribution in [0.1, 0.15) is 50.3 Å². The highest BCUT2D eigenvalue weighted by Crippen LogP contribution is 2.27. The summed E-state index contributed by atoms with van der Waals surface area (Å²) in [4.78, 5) is 0. The van der Waals surface area contributed by atoms with Crippen LogP contribution in [0, 0.1) is 0 Å². The second-order valence-electron chi connectivity index (χ2n) is 5.77. The Morgan fingerprint density at radius 2 is 1.85 bits per heavy atom. The summed E-state index contributed by atoms with van der Waals surface area (Å²) in [5.74, 6) is 2.17. The highest BCUT2D eigenvalue weighted by molar-refractivity contribution is 7.99. The Morgan fingerprint density at radius 1 is 1.20 bits per heavy atom. The third-order valence-electron chi connectivity index (χ3n) is 4.30. The zero-order valence-electron chi connectivity index (χ0n) is 12.7. The molecular weight excluding hydrogens is 266 g/mol. The maximum absolute atomic E-state index is 10.6. The summed E-state index contributed by atoms with van der Waals surface area (Å²) < 4.78 is 0. The van der Waals surface area contributed by atoms with E-state index in [9.17, 15) is 5.11 Å². The summed E-state index contributed by atoms with van der Waals surface area (Å²) >= 11 is 1.95. The quantitative estimate of drug-likeness (QED) is 0.841.